The Morgan fingerprint density at radius 3 is 2.93 bits per heavy atom. The van der Waals surface area contributed by atoms with Crippen LogP contribution in [0.1, 0.15) is 17.2 Å². The van der Waals surface area contributed by atoms with E-state index in [2.05, 4.69) is 26.3 Å². The molecule has 2 aromatic heterocycles. The highest BCUT2D eigenvalue weighted by Crippen LogP contribution is 2.26. The summed E-state index contributed by atoms with van der Waals surface area (Å²) >= 11 is 5.10. The predicted molar refractivity (Wildman–Crippen MR) is 62.3 cm³/mol. The van der Waals surface area contributed by atoms with Gasteiger partial charge < -0.3 is 5.73 Å². The van der Waals surface area contributed by atoms with Gasteiger partial charge in [0.1, 0.15) is 0 Å². The van der Waals surface area contributed by atoms with Gasteiger partial charge in [-0.15, -0.1) is 0 Å². The minimum Gasteiger partial charge on any atom is -0.320 e. The molecule has 2 nitrogen and oxygen atoms in total. The topological polar surface area (TPSA) is 38.9 Å². The third-order valence-corrected chi connectivity index (χ3v) is 3.41. The van der Waals surface area contributed by atoms with E-state index >= 15 is 0 Å². The maximum atomic E-state index is 6.11. The van der Waals surface area contributed by atoms with Crippen molar-refractivity contribution >= 4 is 27.3 Å². The highest BCUT2D eigenvalue weighted by Gasteiger charge is 2.11. The molecule has 14 heavy (non-hydrogen) atoms. The van der Waals surface area contributed by atoms with Crippen molar-refractivity contribution < 1.29 is 0 Å². The Morgan fingerprint density at radius 2 is 2.29 bits per heavy atom. The van der Waals surface area contributed by atoms with Crippen molar-refractivity contribution in [3.8, 4) is 0 Å². The van der Waals surface area contributed by atoms with Gasteiger partial charge in [0.25, 0.3) is 0 Å². The number of thiophene rings is 1. The van der Waals surface area contributed by atoms with E-state index in [4.69, 9.17) is 5.73 Å². The molecule has 0 aliphatic heterocycles. The zero-order valence-electron chi connectivity index (χ0n) is 7.35. The second-order valence-corrected chi connectivity index (χ2v) is 4.57. The van der Waals surface area contributed by atoms with Crippen LogP contribution in [0.3, 0.4) is 0 Å². The quantitative estimate of drug-likeness (QED) is 0.910. The molecule has 0 bridgehead atoms. The number of nitrogens with two attached hydrogens (primary N) is 1. The van der Waals surface area contributed by atoms with Crippen LogP contribution >= 0.6 is 27.3 Å². The van der Waals surface area contributed by atoms with Crippen molar-refractivity contribution in [1.82, 2.24) is 4.98 Å². The summed E-state index contributed by atoms with van der Waals surface area (Å²) in [6, 6.07) is 3.91. The second-order valence-electron chi connectivity index (χ2n) is 2.93. The Morgan fingerprint density at radius 1 is 1.43 bits per heavy atom. The molecule has 0 aliphatic carbocycles. The normalized spacial score (nSPS) is 12.7. The van der Waals surface area contributed by atoms with Crippen LogP contribution in [-0.2, 0) is 0 Å². The van der Waals surface area contributed by atoms with Gasteiger partial charge in [0.2, 0.25) is 0 Å². The van der Waals surface area contributed by atoms with Crippen LogP contribution in [0.4, 0.5) is 0 Å². The molecule has 2 heterocycles. The van der Waals surface area contributed by atoms with Gasteiger partial charge in [0.05, 0.1) is 6.04 Å². The number of hydrogen-bond donors (Lipinski definition) is 1. The van der Waals surface area contributed by atoms with Crippen molar-refractivity contribution in [3.63, 3.8) is 0 Å². The third-order valence-electron chi connectivity index (χ3n) is 2.04. The summed E-state index contributed by atoms with van der Waals surface area (Å²) in [4.78, 5) is 4.01. The van der Waals surface area contributed by atoms with E-state index < -0.39 is 0 Å². The van der Waals surface area contributed by atoms with Gasteiger partial charge >= 0.3 is 0 Å². The molecule has 0 radical (unpaired) electrons. The van der Waals surface area contributed by atoms with Crippen LogP contribution in [0.5, 0.6) is 0 Å². The van der Waals surface area contributed by atoms with Gasteiger partial charge in [-0.2, -0.15) is 11.3 Å². The molecule has 2 N–H and O–H groups in total. The lowest BCUT2D eigenvalue weighted by Gasteiger charge is -2.11. The smallest absolute Gasteiger partial charge is 0.0572 e. The SMILES string of the molecule is NC(c1ccsc1)c1ccncc1Br. The van der Waals surface area contributed by atoms with Crippen LogP contribution in [0.15, 0.2) is 39.8 Å². The summed E-state index contributed by atoms with van der Waals surface area (Å²) in [5, 5.41) is 4.10. The minimum absolute atomic E-state index is 0.0707. The Kier molecular flexibility index (Phi) is 2.96. The third kappa shape index (κ3) is 1.87. The van der Waals surface area contributed by atoms with Crippen molar-refractivity contribution in [1.29, 1.82) is 0 Å². The van der Waals surface area contributed by atoms with E-state index in [1.165, 1.54) is 0 Å². The largest absolute Gasteiger partial charge is 0.320 e. The van der Waals surface area contributed by atoms with E-state index in [0.29, 0.717) is 0 Å². The standard InChI is InChI=1S/C10H9BrN2S/c11-9-5-13-3-1-8(9)10(12)7-2-4-14-6-7/h1-6,10H,12H2. The van der Waals surface area contributed by atoms with Crippen molar-refractivity contribution in [2.45, 2.75) is 6.04 Å². The summed E-state index contributed by atoms with van der Waals surface area (Å²) in [6.07, 6.45) is 3.52. The van der Waals surface area contributed by atoms with Crippen LogP contribution < -0.4 is 5.73 Å². The average molecular weight is 269 g/mol. The number of nitrogens with zero attached hydrogens (tertiary/aromatic N) is 1. The molecule has 0 saturated carbocycles. The molecule has 1 unspecified atom stereocenters. The Labute approximate surface area is 94.9 Å². The zero-order chi connectivity index (χ0) is 9.97. The molecule has 0 spiro atoms. The molecular formula is C10H9BrN2S. The molecule has 4 heteroatoms. The highest BCUT2D eigenvalue weighted by atomic mass is 79.9. The highest BCUT2D eigenvalue weighted by molar-refractivity contribution is 9.10. The van der Waals surface area contributed by atoms with Crippen molar-refractivity contribution in [2.75, 3.05) is 0 Å². The van der Waals surface area contributed by atoms with Gasteiger partial charge in [-0.1, -0.05) is 0 Å². The molecule has 0 fully saturated rings. The van der Waals surface area contributed by atoms with Gasteiger partial charge in [-0.05, 0) is 49.9 Å². The van der Waals surface area contributed by atoms with Gasteiger partial charge in [-0.3, -0.25) is 4.98 Å². The minimum atomic E-state index is -0.0707. The maximum absolute atomic E-state index is 6.11. The van der Waals surface area contributed by atoms with Gasteiger partial charge in [0, 0.05) is 16.9 Å². The lowest BCUT2D eigenvalue weighted by molar-refractivity contribution is 0.866. The first-order valence-corrected chi connectivity index (χ1v) is 5.89. The number of aromatic nitrogens is 1. The second kappa shape index (κ2) is 4.21. The Bertz CT molecular complexity index is 414. The number of hydrogen-bond acceptors (Lipinski definition) is 3. The van der Waals surface area contributed by atoms with Crippen LogP contribution in [-0.4, -0.2) is 4.98 Å². The lowest BCUT2D eigenvalue weighted by Crippen LogP contribution is -2.11. The monoisotopic (exact) mass is 268 g/mol. The first-order valence-electron chi connectivity index (χ1n) is 4.16. The fraction of sp³-hybridized carbons (Fsp3) is 0.100. The lowest BCUT2D eigenvalue weighted by atomic mass is 10.0. The molecule has 0 saturated heterocycles. The summed E-state index contributed by atoms with van der Waals surface area (Å²) in [5.41, 5.74) is 8.32. The maximum Gasteiger partial charge on any atom is 0.0572 e. The van der Waals surface area contributed by atoms with E-state index in [1.807, 2.05) is 17.5 Å². The van der Waals surface area contributed by atoms with Crippen LogP contribution in [0.2, 0.25) is 0 Å². The molecule has 0 aliphatic rings. The fourth-order valence-electron chi connectivity index (χ4n) is 1.27. The number of halogens is 1. The van der Waals surface area contributed by atoms with E-state index in [-0.39, 0.29) is 6.04 Å². The molecule has 0 aromatic carbocycles. The summed E-state index contributed by atoms with van der Waals surface area (Å²) in [6.45, 7) is 0. The summed E-state index contributed by atoms with van der Waals surface area (Å²) in [5.74, 6) is 0. The Hall–Kier alpha value is -0.710. The van der Waals surface area contributed by atoms with Crippen molar-refractivity contribution in [3.05, 3.63) is 50.9 Å². The van der Waals surface area contributed by atoms with E-state index in [9.17, 15) is 0 Å². The average Bonchev–Trinajstić information content (AvgIpc) is 2.70. The van der Waals surface area contributed by atoms with E-state index in [0.717, 1.165) is 15.6 Å². The Balaban J connectivity index is 2.37. The van der Waals surface area contributed by atoms with Crippen LogP contribution in [0, 0.1) is 0 Å². The van der Waals surface area contributed by atoms with E-state index in [1.54, 1.807) is 23.7 Å². The molecule has 72 valence electrons. The first kappa shape index (κ1) is 9.83. The summed E-state index contributed by atoms with van der Waals surface area (Å²) in [7, 11) is 0. The van der Waals surface area contributed by atoms with Crippen LogP contribution in [0.25, 0.3) is 0 Å². The molecule has 1 atom stereocenters. The molecular weight excluding hydrogens is 260 g/mol. The van der Waals surface area contributed by atoms with Gasteiger partial charge in [0.15, 0.2) is 0 Å². The van der Waals surface area contributed by atoms with Crippen molar-refractivity contribution in [2.24, 2.45) is 5.73 Å². The molecule has 0 amide bonds. The predicted octanol–water partition coefficient (Wildman–Crippen LogP) is 2.95. The summed E-state index contributed by atoms with van der Waals surface area (Å²) < 4.78 is 0.957. The zero-order valence-corrected chi connectivity index (χ0v) is 9.75. The fourth-order valence-corrected chi connectivity index (χ4v) is 2.46. The number of pyridine rings is 1. The molecule has 2 rings (SSSR count). The number of rotatable bonds is 2. The molecule has 2 aromatic rings. The first-order chi connectivity index (χ1) is 6.79. The van der Waals surface area contributed by atoms with Gasteiger partial charge in [-0.25, -0.2) is 0 Å².